The first-order chi connectivity index (χ1) is 12.0. The van der Waals surface area contributed by atoms with Crippen molar-refractivity contribution in [1.29, 1.82) is 0 Å². The van der Waals surface area contributed by atoms with Crippen molar-refractivity contribution in [3.63, 3.8) is 0 Å². The first-order valence-electron chi connectivity index (χ1n) is 7.57. The molecule has 0 saturated carbocycles. The average Bonchev–Trinajstić information content (AvgIpc) is 2.60. The molecule has 1 amide bonds. The number of hydrogen-bond acceptors (Lipinski definition) is 5. The Hall–Kier alpha value is -2.73. The van der Waals surface area contributed by atoms with Crippen molar-refractivity contribution in [1.82, 2.24) is 5.43 Å². The maximum Gasteiger partial charge on any atom is 0.259 e. The lowest BCUT2D eigenvalue weighted by Crippen LogP contribution is -2.25. The molecule has 0 unspecified atom stereocenters. The van der Waals surface area contributed by atoms with Gasteiger partial charge in [0.25, 0.3) is 5.91 Å². The summed E-state index contributed by atoms with van der Waals surface area (Å²) >= 11 is 6.12. The number of benzene rings is 2. The summed E-state index contributed by atoms with van der Waals surface area (Å²) in [6.07, 6.45) is 1.48. The number of carbonyl (C=O) groups is 1. The number of rotatable bonds is 7. The molecule has 0 radical (unpaired) electrons. The molecule has 2 N–H and O–H groups in total. The lowest BCUT2D eigenvalue weighted by Gasteiger charge is -2.10. The Kier molecular flexibility index (Phi) is 6.65. The topological polar surface area (TPSA) is 72.0 Å². The van der Waals surface area contributed by atoms with Crippen LogP contribution in [0.3, 0.4) is 0 Å². The molecule has 0 fully saturated rings. The van der Waals surface area contributed by atoms with Gasteiger partial charge >= 0.3 is 0 Å². The monoisotopic (exact) mass is 361 g/mol. The van der Waals surface area contributed by atoms with Crippen molar-refractivity contribution in [2.24, 2.45) is 5.10 Å². The Morgan fingerprint density at radius 1 is 1.20 bits per heavy atom. The first-order valence-corrected chi connectivity index (χ1v) is 7.95. The normalized spacial score (nSPS) is 10.6. The number of ether oxygens (including phenoxy) is 2. The molecule has 0 heterocycles. The van der Waals surface area contributed by atoms with Crippen LogP contribution in [-0.2, 0) is 4.79 Å². The van der Waals surface area contributed by atoms with E-state index in [9.17, 15) is 4.79 Å². The number of amides is 1. The molecular formula is C18H20ClN3O3. The number of carbonyl (C=O) groups excluding carboxylic acids is 1. The Labute approximate surface area is 151 Å². The molecular weight excluding hydrogens is 342 g/mol. The number of nitrogens with zero attached hydrogens (tertiary/aromatic N) is 1. The molecule has 0 saturated heterocycles. The minimum atomic E-state index is -0.261. The fraction of sp³-hybridized carbons (Fsp3) is 0.222. The van der Waals surface area contributed by atoms with Crippen molar-refractivity contribution < 1.29 is 14.3 Å². The Bertz CT molecular complexity index is 761. The Morgan fingerprint density at radius 3 is 2.56 bits per heavy atom. The van der Waals surface area contributed by atoms with Gasteiger partial charge in [-0.15, -0.1) is 0 Å². The summed E-state index contributed by atoms with van der Waals surface area (Å²) in [5.74, 6) is 0.680. The van der Waals surface area contributed by atoms with Crippen LogP contribution in [0.2, 0.25) is 5.02 Å². The molecule has 132 valence electrons. The number of halogens is 1. The molecule has 7 heteroatoms. The second-order valence-electron chi connectivity index (χ2n) is 5.25. The predicted molar refractivity (Wildman–Crippen MR) is 100.0 cm³/mol. The smallest absolute Gasteiger partial charge is 0.259 e. The van der Waals surface area contributed by atoms with Crippen molar-refractivity contribution in [3.8, 4) is 11.5 Å². The maximum atomic E-state index is 11.8. The summed E-state index contributed by atoms with van der Waals surface area (Å²) in [7, 11) is 3.03. The highest BCUT2D eigenvalue weighted by Crippen LogP contribution is 2.35. The van der Waals surface area contributed by atoms with E-state index in [1.165, 1.54) is 20.4 Å². The van der Waals surface area contributed by atoms with Crippen molar-refractivity contribution in [2.45, 2.75) is 6.92 Å². The summed E-state index contributed by atoms with van der Waals surface area (Å²) in [5, 5.41) is 7.34. The van der Waals surface area contributed by atoms with Crippen LogP contribution in [-0.4, -0.2) is 32.9 Å². The third-order valence-electron chi connectivity index (χ3n) is 3.36. The van der Waals surface area contributed by atoms with Crippen molar-refractivity contribution in [3.05, 3.63) is 52.5 Å². The minimum Gasteiger partial charge on any atom is -0.493 e. The van der Waals surface area contributed by atoms with E-state index in [0.717, 1.165) is 11.3 Å². The van der Waals surface area contributed by atoms with E-state index in [-0.39, 0.29) is 12.5 Å². The molecule has 0 aliphatic rings. The quantitative estimate of drug-likeness (QED) is 0.586. The van der Waals surface area contributed by atoms with Crippen molar-refractivity contribution >= 4 is 29.4 Å². The van der Waals surface area contributed by atoms with Gasteiger partial charge in [0, 0.05) is 5.69 Å². The van der Waals surface area contributed by atoms with Gasteiger partial charge in [0.05, 0.1) is 32.0 Å². The second kappa shape index (κ2) is 8.94. The molecule has 0 atom stereocenters. The molecule has 0 aliphatic heterocycles. The zero-order valence-corrected chi connectivity index (χ0v) is 15.1. The lowest BCUT2D eigenvalue weighted by atomic mass is 10.2. The second-order valence-corrected chi connectivity index (χ2v) is 5.66. The van der Waals surface area contributed by atoms with E-state index in [1.54, 1.807) is 12.1 Å². The van der Waals surface area contributed by atoms with Crippen LogP contribution in [0.4, 0.5) is 5.69 Å². The van der Waals surface area contributed by atoms with Gasteiger partial charge in [-0.1, -0.05) is 29.3 Å². The van der Waals surface area contributed by atoms with E-state index >= 15 is 0 Å². The molecule has 2 aromatic carbocycles. The van der Waals surface area contributed by atoms with Crippen LogP contribution in [0.25, 0.3) is 0 Å². The van der Waals surface area contributed by atoms with Crippen LogP contribution in [0.15, 0.2) is 41.5 Å². The molecule has 2 rings (SSSR count). The Morgan fingerprint density at radius 2 is 1.92 bits per heavy atom. The predicted octanol–water partition coefficient (Wildman–Crippen LogP) is 3.23. The maximum absolute atomic E-state index is 11.8. The zero-order valence-electron chi connectivity index (χ0n) is 14.3. The summed E-state index contributed by atoms with van der Waals surface area (Å²) in [6.45, 7) is 2.12. The third kappa shape index (κ3) is 5.39. The first kappa shape index (κ1) is 18.6. The standard InChI is InChI=1S/C18H20ClN3O3/c1-12-4-6-14(7-5-12)20-11-17(23)22-21-10-13-8-15(19)18(25-3)16(9-13)24-2/h4-10,20H,11H2,1-3H3,(H,22,23)/b21-10-. The molecule has 25 heavy (non-hydrogen) atoms. The fourth-order valence-electron chi connectivity index (χ4n) is 2.08. The van der Waals surface area contributed by atoms with Gasteiger partial charge in [0.2, 0.25) is 0 Å². The summed E-state index contributed by atoms with van der Waals surface area (Å²) < 4.78 is 10.4. The van der Waals surface area contributed by atoms with E-state index in [4.69, 9.17) is 21.1 Å². The third-order valence-corrected chi connectivity index (χ3v) is 3.64. The summed E-state index contributed by atoms with van der Waals surface area (Å²) in [5.41, 5.74) is 5.16. The van der Waals surface area contributed by atoms with Crippen LogP contribution in [0.5, 0.6) is 11.5 Å². The highest BCUT2D eigenvalue weighted by Gasteiger charge is 2.10. The van der Waals surface area contributed by atoms with E-state index in [1.807, 2.05) is 31.2 Å². The van der Waals surface area contributed by atoms with Crippen LogP contribution in [0, 0.1) is 6.92 Å². The van der Waals surface area contributed by atoms with Gasteiger partial charge in [-0.05, 0) is 36.8 Å². The van der Waals surface area contributed by atoms with Gasteiger partial charge in [-0.25, -0.2) is 5.43 Å². The molecule has 2 aromatic rings. The lowest BCUT2D eigenvalue weighted by molar-refractivity contribution is -0.119. The fourth-order valence-corrected chi connectivity index (χ4v) is 2.38. The summed E-state index contributed by atoms with van der Waals surface area (Å²) in [4.78, 5) is 11.8. The van der Waals surface area contributed by atoms with Crippen LogP contribution in [0.1, 0.15) is 11.1 Å². The molecule has 0 aliphatic carbocycles. The average molecular weight is 362 g/mol. The Balaban J connectivity index is 1.90. The minimum absolute atomic E-state index is 0.118. The molecule has 0 bridgehead atoms. The summed E-state index contributed by atoms with van der Waals surface area (Å²) in [6, 6.07) is 11.2. The molecule has 0 spiro atoms. The number of hydrogen-bond donors (Lipinski definition) is 2. The number of methoxy groups -OCH3 is 2. The highest BCUT2D eigenvalue weighted by atomic mass is 35.5. The van der Waals surface area contributed by atoms with Crippen molar-refractivity contribution in [2.75, 3.05) is 26.1 Å². The highest BCUT2D eigenvalue weighted by molar-refractivity contribution is 6.32. The van der Waals surface area contributed by atoms with Gasteiger partial charge < -0.3 is 14.8 Å². The van der Waals surface area contributed by atoms with Gasteiger partial charge in [0.15, 0.2) is 11.5 Å². The van der Waals surface area contributed by atoms with Crippen LogP contribution < -0.4 is 20.2 Å². The van der Waals surface area contributed by atoms with E-state index in [0.29, 0.717) is 22.1 Å². The van der Waals surface area contributed by atoms with E-state index < -0.39 is 0 Å². The largest absolute Gasteiger partial charge is 0.493 e. The number of anilines is 1. The van der Waals surface area contributed by atoms with Gasteiger partial charge in [-0.3, -0.25) is 4.79 Å². The number of aryl methyl sites for hydroxylation is 1. The van der Waals surface area contributed by atoms with Crippen LogP contribution >= 0.6 is 11.6 Å². The number of nitrogens with one attached hydrogen (secondary N) is 2. The molecule has 0 aromatic heterocycles. The molecule has 6 nitrogen and oxygen atoms in total. The number of hydrazone groups is 1. The zero-order chi connectivity index (χ0) is 18.2. The van der Waals surface area contributed by atoms with E-state index in [2.05, 4.69) is 15.8 Å². The SMILES string of the molecule is COc1cc(/C=N\NC(=O)CNc2ccc(C)cc2)cc(Cl)c1OC. The van der Waals surface area contributed by atoms with Gasteiger partial charge in [-0.2, -0.15) is 5.10 Å². The van der Waals surface area contributed by atoms with Gasteiger partial charge in [0.1, 0.15) is 0 Å².